The van der Waals surface area contributed by atoms with E-state index in [2.05, 4.69) is 15.5 Å². The van der Waals surface area contributed by atoms with Crippen LogP contribution in [-0.4, -0.2) is 64.5 Å². The largest absolute Gasteiger partial charge is 0.858 e. The second-order valence-corrected chi connectivity index (χ2v) is 6.32. The second kappa shape index (κ2) is 8.98. The fourth-order valence-corrected chi connectivity index (χ4v) is 2.00. The predicted molar refractivity (Wildman–Crippen MR) is 76.4 cm³/mol. The molecule has 0 fully saturated rings. The van der Waals surface area contributed by atoms with Crippen LogP contribution in [-0.2, 0) is 19.2 Å². The zero-order valence-electron chi connectivity index (χ0n) is 12.9. The molecule has 8 nitrogen and oxygen atoms in total. The normalized spacial score (nSPS) is 17.0. The van der Waals surface area contributed by atoms with Crippen LogP contribution in [0.2, 0.25) is 0 Å². The number of allylic oxidation sites excluding steroid dienone is 1. The molecule has 0 unspecified atom stereocenters. The molecular formula is C12H24N2O6S. The molecule has 0 saturated carbocycles. The van der Waals surface area contributed by atoms with Crippen LogP contribution in [0.1, 0.15) is 20.3 Å². The Kier molecular flexibility index (Phi) is 8.48. The van der Waals surface area contributed by atoms with Crippen molar-refractivity contribution in [1.82, 2.24) is 0 Å². The summed E-state index contributed by atoms with van der Waals surface area (Å²) < 4.78 is 33.8. The average Bonchev–Trinajstić information content (AvgIpc) is 2.26. The van der Waals surface area contributed by atoms with E-state index < -0.39 is 16.2 Å². The summed E-state index contributed by atoms with van der Waals surface area (Å²) in [5.41, 5.74) is 0. The Labute approximate surface area is 126 Å². The molecule has 9 heteroatoms. The third-order valence-electron chi connectivity index (χ3n) is 2.26. The van der Waals surface area contributed by atoms with Crippen molar-refractivity contribution in [2.24, 2.45) is 4.40 Å². The lowest BCUT2D eigenvalue weighted by atomic mass is 10.5. The van der Waals surface area contributed by atoms with Crippen molar-refractivity contribution in [3.8, 4) is 0 Å². The van der Waals surface area contributed by atoms with Crippen LogP contribution >= 0.6 is 0 Å². The third-order valence-corrected chi connectivity index (χ3v) is 3.14. The first-order valence-corrected chi connectivity index (χ1v) is 7.88. The Hall–Kier alpha value is -1.16. The van der Waals surface area contributed by atoms with Crippen LogP contribution in [0.3, 0.4) is 0 Å². The van der Waals surface area contributed by atoms with E-state index in [0.717, 1.165) is 30.1 Å². The van der Waals surface area contributed by atoms with Gasteiger partial charge in [0, 0.05) is 5.90 Å². The van der Waals surface area contributed by atoms with Gasteiger partial charge in [0.25, 0.3) is 0 Å². The van der Waals surface area contributed by atoms with Gasteiger partial charge in [0.1, 0.15) is 12.3 Å². The van der Waals surface area contributed by atoms with Crippen LogP contribution in [0, 0.1) is 0 Å². The smallest absolute Gasteiger partial charge is 0.427 e. The molecule has 0 atom stereocenters. The van der Waals surface area contributed by atoms with Crippen molar-refractivity contribution < 1.29 is 32.0 Å². The van der Waals surface area contributed by atoms with Crippen molar-refractivity contribution in [3.63, 3.8) is 0 Å². The second-order valence-electron chi connectivity index (χ2n) is 5.12. The van der Waals surface area contributed by atoms with Crippen LogP contribution in [0.4, 0.5) is 0 Å². The molecule has 0 aliphatic carbocycles. The summed E-state index contributed by atoms with van der Waals surface area (Å²) >= 11 is 0. The predicted octanol–water partition coefficient (Wildman–Crippen LogP) is -0.637. The maximum Gasteiger partial charge on any atom is 0.427 e. The summed E-state index contributed by atoms with van der Waals surface area (Å²) in [6.45, 7) is 5.93. The fraction of sp³-hybridized carbons (Fsp3) is 0.750. The lowest BCUT2D eigenvalue weighted by molar-refractivity contribution is -0.910. The Morgan fingerprint density at radius 1 is 1.48 bits per heavy atom. The number of ether oxygens (including phenoxy) is 1. The van der Waals surface area contributed by atoms with E-state index in [1.807, 2.05) is 14.1 Å². The number of quaternary nitrogens is 1. The van der Waals surface area contributed by atoms with Gasteiger partial charge in [-0.05, 0) is 19.4 Å². The summed E-state index contributed by atoms with van der Waals surface area (Å²) in [5, 5.41) is 19.1. The highest BCUT2D eigenvalue weighted by molar-refractivity contribution is 7.85. The lowest BCUT2D eigenvalue weighted by Crippen LogP contribution is -2.43. The molecule has 1 N–H and O–H groups in total. The van der Waals surface area contributed by atoms with Gasteiger partial charge in [0.15, 0.2) is 6.73 Å². The van der Waals surface area contributed by atoms with Gasteiger partial charge in [0.2, 0.25) is 0 Å². The number of aliphatic hydroxyl groups is 1. The Balaban J connectivity index is 0.000000382. The SMILES string of the molecule is CC1=CC([O-])=NS(=O)(=O)O1.CCCOC[N+](C)(C)CCO. The first-order valence-electron chi connectivity index (χ1n) is 6.52. The van der Waals surface area contributed by atoms with Gasteiger partial charge in [-0.15, -0.1) is 4.40 Å². The number of rotatable bonds is 6. The Bertz CT molecular complexity index is 470. The molecule has 0 aromatic heterocycles. The van der Waals surface area contributed by atoms with Crippen molar-refractivity contribution in [2.45, 2.75) is 20.3 Å². The van der Waals surface area contributed by atoms with Gasteiger partial charge >= 0.3 is 10.3 Å². The Morgan fingerprint density at radius 2 is 2.10 bits per heavy atom. The van der Waals surface area contributed by atoms with Gasteiger partial charge in [-0.3, -0.25) is 0 Å². The number of aliphatic hydroxyl groups excluding tert-OH is 1. The van der Waals surface area contributed by atoms with Gasteiger partial charge in [-0.1, -0.05) is 6.92 Å². The highest BCUT2D eigenvalue weighted by atomic mass is 32.2. The molecule has 0 saturated heterocycles. The first kappa shape index (κ1) is 19.8. The van der Waals surface area contributed by atoms with Crippen LogP contribution in [0.25, 0.3) is 0 Å². The fourth-order valence-electron chi connectivity index (χ4n) is 1.31. The van der Waals surface area contributed by atoms with E-state index in [0.29, 0.717) is 6.73 Å². The molecule has 0 aromatic rings. The van der Waals surface area contributed by atoms with Crippen molar-refractivity contribution in [3.05, 3.63) is 11.8 Å². The number of nitrogens with zero attached hydrogens (tertiary/aromatic N) is 2. The number of hydrogen-bond acceptors (Lipinski definition) is 6. The quantitative estimate of drug-likeness (QED) is 0.396. The molecule has 21 heavy (non-hydrogen) atoms. The molecule has 124 valence electrons. The maximum atomic E-state index is 10.4. The first-order chi connectivity index (χ1) is 9.62. The molecule has 0 amide bonds. The summed E-state index contributed by atoms with van der Waals surface area (Å²) in [7, 11) is 0.121. The lowest BCUT2D eigenvalue weighted by Gasteiger charge is -2.28. The van der Waals surface area contributed by atoms with E-state index in [-0.39, 0.29) is 12.4 Å². The standard InChI is InChI=1S/C8H20NO2.C4H5NO4S/c1-4-7-11-8-9(2,3)5-6-10;1-3-2-4(6)5-10(7,8)9-3/h10H,4-8H2,1-3H3;2H,1H3,(H,5,6)/q+1;/p-1. The zero-order valence-corrected chi connectivity index (χ0v) is 13.7. The Morgan fingerprint density at radius 3 is 2.52 bits per heavy atom. The van der Waals surface area contributed by atoms with Gasteiger partial charge < -0.3 is 23.6 Å². The van der Waals surface area contributed by atoms with Crippen molar-refractivity contribution >= 4 is 16.2 Å². The van der Waals surface area contributed by atoms with E-state index in [9.17, 15) is 13.5 Å². The van der Waals surface area contributed by atoms with E-state index in [1.54, 1.807) is 0 Å². The van der Waals surface area contributed by atoms with Gasteiger partial charge in [-0.2, -0.15) is 8.42 Å². The minimum atomic E-state index is -3.97. The molecule has 1 aliphatic rings. The number of hydrogen-bond donors (Lipinski definition) is 1. The molecule has 0 radical (unpaired) electrons. The summed E-state index contributed by atoms with van der Waals surface area (Å²) in [5.74, 6) is -0.760. The zero-order chi connectivity index (χ0) is 16.5. The highest BCUT2D eigenvalue weighted by Gasteiger charge is 2.13. The minimum absolute atomic E-state index is 0.0417. The molecule has 0 bridgehead atoms. The molecule has 0 spiro atoms. The molecule has 1 heterocycles. The van der Waals surface area contributed by atoms with Crippen molar-refractivity contribution in [2.75, 3.05) is 40.6 Å². The van der Waals surface area contributed by atoms with Crippen LogP contribution < -0.4 is 5.11 Å². The van der Waals surface area contributed by atoms with Gasteiger partial charge in [0.05, 0.1) is 27.3 Å². The molecular weight excluding hydrogens is 300 g/mol. The highest BCUT2D eigenvalue weighted by Crippen LogP contribution is 2.09. The average molecular weight is 324 g/mol. The van der Waals surface area contributed by atoms with E-state index >= 15 is 0 Å². The van der Waals surface area contributed by atoms with Gasteiger partial charge in [-0.25, -0.2) is 0 Å². The van der Waals surface area contributed by atoms with E-state index in [4.69, 9.17) is 9.84 Å². The minimum Gasteiger partial charge on any atom is -0.858 e. The monoisotopic (exact) mass is 324 g/mol. The summed E-state index contributed by atoms with van der Waals surface area (Å²) in [4.78, 5) is 0. The van der Waals surface area contributed by atoms with E-state index in [1.165, 1.54) is 6.92 Å². The molecule has 0 aromatic carbocycles. The summed E-state index contributed by atoms with van der Waals surface area (Å²) in [6.07, 6.45) is 2.06. The number of likely N-dealkylation sites (N-methyl/N-ethyl adjacent to an activating group) is 1. The van der Waals surface area contributed by atoms with Crippen molar-refractivity contribution in [1.29, 1.82) is 0 Å². The maximum absolute atomic E-state index is 10.4. The van der Waals surface area contributed by atoms with Crippen LogP contribution in [0.5, 0.6) is 0 Å². The molecule has 1 rings (SSSR count). The topological polar surface area (TPSA) is 108 Å². The third kappa shape index (κ3) is 10.2. The van der Waals surface area contributed by atoms with Crippen LogP contribution in [0.15, 0.2) is 16.2 Å². The molecule has 1 aliphatic heterocycles. The summed E-state index contributed by atoms with van der Waals surface area (Å²) in [6, 6.07) is 0.